The fraction of sp³-hybridized carbons (Fsp3) is 0.217. The molecule has 4 rings (SSSR count). The summed E-state index contributed by atoms with van der Waals surface area (Å²) >= 11 is 0. The summed E-state index contributed by atoms with van der Waals surface area (Å²) in [6.07, 6.45) is -4.34. The van der Waals surface area contributed by atoms with E-state index >= 15 is 0 Å². The van der Waals surface area contributed by atoms with Gasteiger partial charge in [0, 0.05) is 23.5 Å². The van der Waals surface area contributed by atoms with E-state index in [9.17, 15) is 13.2 Å². The first-order valence-corrected chi connectivity index (χ1v) is 12.9. The topological polar surface area (TPSA) is 16.4 Å². The minimum atomic E-state index is -4.34. The average Bonchev–Trinajstić information content (AvgIpc) is 3.04. The van der Waals surface area contributed by atoms with Crippen LogP contribution in [0.15, 0.2) is 65.1 Å². The van der Waals surface area contributed by atoms with Crippen LogP contribution >= 0.6 is 0 Å². The number of hydrogen-bond acceptors (Lipinski definition) is 2. The highest BCUT2D eigenvalue weighted by atomic mass is 28.3. The highest BCUT2D eigenvalue weighted by molar-refractivity contribution is 6.90. The summed E-state index contributed by atoms with van der Waals surface area (Å²) in [5.74, 6) is 0. The highest BCUT2D eigenvalue weighted by Crippen LogP contribution is 2.38. The van der Waals surface area contributed by atoms with Gasteiger partial charge in [-0.3, -0.25) is 0 Å². The van der Waals surface area contributed by atoms with Gasteiger partial charge in [0.2, 0.25) is 0 Å². The van der Waals surface area contributed by atoms with E-state index in [0.29, 0.717) is 5.69 Å². The molecule has 0 saturated heterocycles. The molecule has 2 nitrogen and oxygen atoms in total. The van der Waals surface area contributed by atoms with E-state index < -0.39 is 19.8 Å². The maximum absolute atomic E-state index is 12.9. The largest absolute Gasteiger partial charge is 0.454 e. The molecule has 0 saturated carbocycles. The summed E-state index contributed by atoms with van der Waals surface area (Å²) < 4.78 is 45.0. The standard InChI is InChI=1S/C23H22F3NOSi/c1-27(16-13-11-15(12-14-16)23(24,25)26)19-9-5-7-17-18-8-6-10-20(29(2,3)4)22(18)28-21(17)19/h5-14H,1-4H3. The molecule has 29 heavy (non-hydrogen) atoms. The molecule has 4 aromatic rings. The molecule has 150 valence electrons. The zero-order valence-electron chi connectivity index (χ0n) is 16.8. The molecule has 0 amide bonds. The number of benzene rings is 3. The van der Waals surface area contributed by atoms with Gasteiger partial charge in [0.05, 0.1) is 19.3 Å². The first-order valence-electron chi connectivity index (χ1n) is 9.43. The summed E-state index contributed by atoms with van der Waals surface area (Å²) in [5, 5.41) is 3.34. The first kappa shape index (κ1) is 19.6. The predicted molar refractivity (Wildman–Crippen MR) is 116 cm³/mol. The van der Waals surface area contributed by atoms with Gasteiger partial charge in [-0.05, 0) is 35.5 Å². The van der Waals surface area contributed by atoms with Crippen molar-refractivity contribution in [3.05, 3.63) is 66.2 Å². The third-order valence-electron chi connectivity index (χ3n) is 5.25. The Morgan fingerprint density at radius 3 is 1.97 bits per heavy atom. The fourth-order valence-corrected chi connectivity index (χ4v) is 5.14. The van der Waals surface area contributed by atoms with E-state index in [1.807, 2.05) is 30.1 Å². The Bertz CT molecular complexity index is 1190. The van der Waals surface area contributed by atoms with Gasteiger partial charge in [-0.2, -0.15) is 13.2 Å². The van der Waals surface area contributed by atoms with Crippen LogP contribution in [0.3, 0.4) is 0 Å². The minimum absolute atomic E-state index is 0.656. The Morgan fingerprint density at radius 2 is 1.38 bits per heavy atom. The number of halogens is 3. The summed E-state index contributed by atoms with van der Waals surface area (Å²) in [7, 11) is 0.230. The van der Waals surface area contributed by atoms with Gasteiger partial charge in [0.25, 0.3) is 0 Å². The third-order valence-corrected chi connectivity index (χ3v) is 7.26. The lowest BCUT2D eigenvalue weighted by Crippen LogP contribution is -2.37. The van der Waals surface area contributed by atoms with Gasteiger partial charge in [-0.1, -0.05) is 50.0 Å². The van der Waals surface area contributed by atoms with Gasteiger partial charge >= 0.3 is 6.18 Å². The quantitative estimate of drug-likeness (QED) is 0.339. The number of para-hydroxylation sites is 2. The fourth-order valence-electron chi connectivity index (χ4n) is 3.67. The van der Waals surface area contributed by atoms with E-state index in [4.69, 9.17) is 4.42 Å². The van der Waals surface area contributed by atoms with Gasteiger partial charge in [0.1, 0.15) is 5.58 Å². The Labute approximate surface area is 168 Å². The summed E-state index contributed by atoms with van der Waals surface area (Å²) in [6.45, 7) is 6.85. The molecule has 1 aromatic heterocycles. The highest BCUT2D eigenvalue weighted by Gasteiger charge is 2.30. The second kappa shape index (κ2) is 6.66. The number of anilines is 2. The van der Waals surface area contributed by atoms with Crippen LogP contribution in [0.5, 0.6) is 0 Å². The second-order valence-electron chi connectivity index (χ2n) is 8.29. The molecule has 0 atom stereocenters. The molecule has 0 radical (unpaired) electrons. The van der Waals surface area contributed by atoms with Crippen LogP contribution in [0.4, 0.5) is 24.5 Å². The predicted octanol–water partition coefficient (Wildman–Crippen LogP) is 6.92. The van der Waals surface area contributed by atoms with Crippen LogP contribution in [0.1, 0.15) is 5.56 Å². The van der Waals surface area contributed by atoms with Crippen molar-refractivity contribution < 1.29 is 17.6 Å². The lowest BCUT2D eigenvalue weighted by Gasteiger charge is -2.20. The molecule has 0 aliphatic heterocycles. The molecule has 0 spiro atoms. The van der Waals surface area contributed by atoms with Crippen molar-refractivity contribution in [1.29, 1.82) is 0 Å². The normalized spacial score (nSPS) is 12.7. The van der Waals surface area contributed by atoms with E-state index in [1.165, 1.54) is 17.3 Å². The Morgan fingerprint density at radius 1 is 0.793 bits per heavy atom. The lowest BCUT2D eigenvalue weighted by atomic mass is 10.1. The van der Waals surface area contributed by atoms with Crippen molar-refractivity contribution in [2.45, 2.75) is 25.8 Å². The number of hydrogen-bond donors (Lipinski definition) is 0. The number of fused-ring (bicyclic) bond motifs is 3. The zero-order chi connectivity index (χ0) is 21.0. The van der Waals surface area contributed by atoms with Crippen molar-refractivity contribution in [3.63, 3.8) is 0 Å². The number of nitrogens with zero attached hydrogens (tertiary/aromatic N) is 1. The monoisotopic (exact) mass is 413 g/mol. The van der Waals surface area contributed by atoms with Crippen LogP contribution in [0.2, 0.25) is 19.6 Å². The second-order valence-corrected chi connectivity index (χ2v) is 13.3. The molecule has 1 heterocycles. The van der Waals surface area contributed by atoms with Crippen LogP contribution in [0.25, 0.3) is 21.9 Å². The van der Waals surface area contributed by atoms with Crippen LogP contribution in [0, 0.1) is 0 Å². The number of rotatable bonds is 3. The van der Waals surface area contributed by atoms with Crippen LogP contribution < -0.4 is 10.1 Å². The zero-order valence-corrected chi connectivity index (χ0v) is 17.8. The maximum Gasteiger partial charge on any atom is 0.416 e. The Kier molecular flexibility index (Phi) is 4.50. The van der Waals surface area contributed by atoms with Crippen LogP contribution in [-0.2, 0) is 6.18 Å². The van der Waals surface area contributed by atoms with Crippen molar-refractivity contribution >= 4 is 46.6 Å². The molecule has 0 bridgehead atoms. The van der Waals surface area contributed by atoms with E-state index in [-0.39, 0.29) is 0 Å². The van der Waals surface area contributed by atoms with Gasteiger partial charge < -0.3 is 9.32 Å². The maximum atomic E-state index is 12.9. The Hall–Kier alpha value is -2.73. The van der Waals surface area contributed by atoms with Crippen LogP contribution in [-0.4, -0.2) is 15.1 Å². The first-order chi connectivity index (χ1) is 13.6. The summed E-state index contributed by atoms with van der Waals surface area (Å²) in [5.41, 5.74) is 2.48. The number of furan rings is 1. The SMILES string of the molecule is CN(c1ccc(C(F)(F)F)cc1)c1cccc2c1oc1c([Si](C)(C)C)cccc12. The van der Waals surface area contributed by atoms with Gasteiger partial charge in [0.15, 0.2) is 5.58 Å². The van der Waals surface area contributed by atoms with Gasteiger partial charge in [-0.15, -0.1) is 0 Å². The minimum Gasteiger partial charge on any atom is -0.454 e. The molecule has 3 aromatic carbocycles. The molecular formula is C23H22F3NOSi. The molecule has 0 unspecified atom stereocenters. The molecule has 0 N–H and O–H groups in total. The van der Waals surface area contributed by atoms with Crippen molar-refractivity contribution in [3.8, 4) is 0 Å². The Balaban J connectivity index is 1.86. The average molecular weight is 414 g/mol. The van der Waals surface area contributed by atoms with Gasteiger partial charge in [-0.25, -0.2) is 0 Å². The molecule has 0 aliphatic carbocycles. The molecule has 0 fully saturated rings. The molecule has 6 heteroatoms. The van der Waals surface area contributed by atoms with Crippen molar-refractivity contribution in [1.82, 2.24) is 0 Å². The van der Waals surface area contributed by atoms with E-state index in [1.54, 1.807) is 0 Å². The summed E-state index contributed by atoms with van der Waals surface area (Å²) in [4.78, 5) is 1.86. The van der Waals surface area contributed by atoms with E-state index in [2.05, 4.69) is 37.8 Å². The van der Waals surface area contributed by atoms with E-state index in [0.717, 1.165) is 39.8 Å². The molecule has 0 aliphatic rings. The smallest absolute Gasteiger partial charge is 0.416 e. The summed E-state index contributed by atoms with van der Waals surface area (Å²) in [6, 6.07) is 17.3. The van der Waals surface area contributed by atoms with Crippen molar-refractivity contribution in [2.24, 2.45) is 0 Å². The third kappa shape index (κ3) is 3.42. The lowest BCUT2D eigenvalue weighted by molar-refractivity contribution is -0.137. The molecular weight excluding hydrogens is 391 g/mol. The van der Waals surface area contributed by atoms with Crippen molar-refractivity contribution in [2.75, 3.05) is 11.9 Å². The number of alkyl halides is 3.